The van der Waals surface area contributed by atoms with E-state index in [4.69, 9.17) is 0 Å². The van der Waals surface area contributed by atoms with Gasteiger partial charge in [-0.2, -0.15) is 17.4 Å². The smallest absolute Gasteiger partial charge is 0.324 e. The van der Waals surface area contributed by atoms with E-state index >= 15 is 0 Å². The first-order valence-corrected chi connectivity index (χ1v) is 8.24. The van der Waals surface area contributed by atoms with E-state index in [1.54, 1.807) is 13.8 Å². The second-order valence-electron chi connectivity index (χ2n) is 5.28. The van der Waals surface area contributed by atoms with Gasteiger partial charge in [0.25, 0.3) is 10.2 Å². The van der Waals surface area contributed by atoms with Crippen LogP contribution in [-0.2, 0) is 15.0 Å². The van der Waals surface area contributed by atoms with Crippen molar-refractivity contribution in [3.63, 3.8) is 0 Å². The van der Waals surface area contributed by atoms with Gasteiger partial charge in [0.1, 0.15) is 5.54 Å². The van der Waals surface area contributed by atoms with Crippen molar-refractivity contribution in [3.05, 3.63) is 0 Å². The monoisotopic (exact) mass is 292 g/mol. The Balaban J connectivity index is 2.86. The lowest BCUT2D eigenvalue weighted by molar-refractivity contribution is -0.144. The molecule has 2 N–H and O–H groups in total. The molecule has 1 fully saturated rings. The molecule has 6 nitrogen and oxygen atoms in total. The summed E-state index contributed by atoms with van der Waals surface area (Å²) in [6.07, 6.45) is 2.09. The number of hydrogen-bond donors (Lipinski definition) is 2. The predicted molar refractivity (Wildman–Crippen MR) is 73.0 cm³/mol. The van der Waals surface area contributed by atoms with E-state index in [9.17, 15) is 18.3 Å². The maximum atomic E-state index is 12.3. The fourth-order valence-electron chi connectivity index (χ4n) is 2.28. The van der Waals surface area contributed by atoms with E-state index in [0.717, 1.165) is 12.8 Å². The van der Waals surface area contributed by atoms with Crippen molar-refractivity contribution in [2.24, 2.45) is 5.92 Å². The number of rotatable bonds is 6. The minimum absolute atomic E-state index is 0.225. The van der Waals surface area contributed by atoms with Crippen LogP contribution >= 0.6 is 0 Å². The second-order valence-corrected chi connectivity index (χ2v) is 6.95. The van der Waals surface area contributed by atoms with Crippen LogP contribution in [0, 0.1) is 5.92 Å². The number of carboxylic acids is 1. The fraction of sp³-hybridized carbons (Fsp3) is 0.917. The molecule has 0 spiro atoms. The summed E-state index contributed by atoms with van der Waals surface area (Å²) in [6, 6.07) is 0. The first-order chi connectivity index (χ1) is 8.77. The number of nitrogens with one attached hydrogen (secondary N) is 1. The SMILES string of the molecule is CCC(CC)(NS(=O)(=O)N1CCC(C)CC1)C(=O)O. The third-order valence-corrected chi connectivity index (χ3v) is 5.72. The molecular weight excluding hydrogens is 268 g/mol. The average molecular weight is 292 g/mol. The maximum absolute atomic E-state index is 12.3. The van der Waals surface area contributed by atoms with Gasteiger partial charge in [0.05, 0.1) is 0 Å². The number of aliphatic carboxylic acids is 1. The van der Waals surface area contributed by atoms with Crippen LogP contribution in [0.4, 0.5) is 0 Å². The molecule has 1 rings (SSSR count). The zero-order valence-electron chi connectivity index (χ0n) is 11.8. The topological polar surface area (TPSA) is 86.7 Å². The normalized spacial score (nSPS) is 19.5. The predicted octanol–water partition coefficient (Wildman–Crippen LogP) is 1.20. The van der Waals surface area contributed by atoms with Crippen molar-refractivity contribution in [2.45, 2.75) is 52.0 Å². The van der Waals surface area contributed by atoms with Crippen LogP contribution in [0.25, 0.3) is 0 Å². The molecule has 0 saturated carbocycles. The number of carboxylic acid groups (broad SMARTS) is 1. The van der Waals surface area contributed by atoms with Crippen LogP contribution in [-0.4, -0.2) is 42.4 Å². The summed E-state index contributed by atoms with van der Waals surface area (Å²) < 4.78 is 28.3. The molecule has 0 unspecified atom stereocenters. The van der Waals surface area contributed by atoms with Gasteiger partial charge < -0.3 is 5.11 Å². The van der Waals surface area contributed by atoms with Gasteiger partial charge >= 0.3 is 5.97 Å². The van der Waals surface area contributed by atoms with Crippen molar-refractivity contribution >= 4 is 16.2 Å². The quantitative estimate of drug-likeness (QED) is 0.770. The van der Waals surface area contributed by atoms with Crippen LogP contribution < -0.4 is 4.72 Å². The van der Waals surface area contributed by atoms with E-state index in [0.29, 0.717) is 19.0 Å². The molecule has 7 heteroatoms. The van der Waals surface area contributed by atoms with Gasteiger partial charge in [0, 0.05) is 13.1 Å². The first-order valence-electron chi connectivity index (χ1n) is 6.80. The highest BCUT2D eigenvalue weighted by molar-refractivity contribution is 7.87. The molecule has 0 atom stereocenters. The molecule has 0 aromatic rings. The summed E-state index contributed by atoms with van der Waals surface area (Å²) in [6.45, 7) is 6.37. The Labute approximate surface area is 115 Å². The van der Waals surface area contributed by atoms with Crippen molar-refractivity contribution in [3.8, 4) is 0 Å². The summed E-state index contributed by atoms with van der Waals surface area (Å²) in [7, 11) is -3.73. The Morgan fingerprint density at radius 2 is 1.79 bits per heavy atom. The minimum atomic E-state index is -3.73. The summed E-state index contributed by atoms with van der Waals surface area (Å²) >= 11 is 0. The summed E-state index contributed by atoms with van der Waals surface area (Å²) in [5, 5.41) is 9.28. The van der Waals surface area contributed by atoms with Gasteiger partial charge in [-0.15, -0.1) is 0 Å². The Morgan fingerprint density at radius 1 is 1.32 bits per heavy atom. The maximum Gasteiger partial charge on any atom is 0.324 e. The number of hydrogen-bond acceptors (Lipinski definition) is 3. The lowest BCUT2D eigenvalue weighted by Gasteiger charge is -2.34. The van der Waals surface area contributed by atoms with Crippen LogP contribution in [0.15, 0.2) is 0 Å². The van der Waals surface area contributed by atoms with E-state index in [1.807, 2.05) is 0 Å². The minimum Gasteiger partial charge on any atom is -0.480 e. The Hall–Kier alpha value is -0.660. The van der Waals surface area contributed by atoms with Crippen molar-refractivity contribution in [2.75, 3.05) is 13.1 Å². The third-order valence-electron chi connectivity index (χ3n) is 4.02. The van der Waals surface area contributed by atoms with Gasteiger partial charge in [0.2, 0.25) is 0 Å². The van der Waals surface area contributed by atoms with Gasteiger partial charge in [0.15, 0.2) is 0 Å². The summed E-state index contributed by atoms with van der Waals surface area (Å²) in [5.74, 6) is -0.598. The molecule has 0 aromatic carbocycles. The first kappa shape index (κ1) is 16.4. The van der Waals surface area contributed by atoms with E-state index in [1.165, 1.54) is 4.31 Å². The van der Waals surface area contributed by atoms with E-state index < -0.39 is 21.7 Å². The molecule has 1 aliphatic rings. The highest BCUT2D eigenvalue weighted by Gasteiger charge is 2.41. The largest absolute Gasteiger partial charge is 0.480 e. The molecule has 1 saturated heterocycles. The highest BCUT2D eigenvalue weighted by atomic mass is 32.2. The van der Waals surface area contributed by atoms with Crippen LogP contribution in [0.1, 0.15) is 46.5 Å². The Kier molecular flexibility index (Phi) is 5.34. The molecule has 0 radical (unpaired) electrons. The molecule has 0 aromatic heterocycles. The second kappa shape index (κ2) is 6.19. The molecular formula is C12H24N2O4S. The van der Waals surface area contributed by atoms with Crippen molar-refractivity contribution in [1.29, 1.82) is 0 Å². The fourth-order valence-corrected chi connectivity index (χ4v) is 3.97. The van der Waals surface area contributed by atoms with Crippen molar-refractivity contribution in [1.82, 2.24) is 9.03 Å². The molecule has 0 bridgehead atoms. The van der Waals surface area contributed by atoms with Crippen molar-refractivity contribution < 1.29 is 18.3 Å². The molecule has 0 aliphatic carbocycles. The highest BCUT2D eigenvalue weighted by Crippen LogP contribution is 2.22. The van der Waals surface area contributed by atoms with E-state index in [-0.39, 0.29) is 12.8 Å². The standard InChI is InChI=1S/C12H24N2O4S/c1-4-12(5-2,11(15)16)13-19(17,18)14-8-6-10(3)7-9-14/h10,13H,4-9H2,1-3H3,(H,15,16). The molecule has 1 heterocycles. The van der Waals surface area contributed by atoms with Crippen LogP contribution in [0.5, 0.6) is 0 Å². The molecule has 0 amide bonds. The lowest BCUT2D eigenvalue weighted by atomic mass is 9.95. The molecule has 112 valence electrons. The number of carbonyl (C=O) groups is 1. The third kappa shape index (κ3) is 3.67. The Bertz CT molecular complexity index is 409. The van der Waals surface area contributed by atoms with Gasteiger partial charge in [-0.25, -0.2) is 0 Å². The van der Waals surface area contributed by atoms with Crippen LogP contribution in [0.2, 0.25) is 0 Å². The zero-order chi connectivity index (χ0) is 14.7. The van der Waals surface area contributed by atoms with Gasteiger partial charge in [-0.3, -0.25) is 4.79 Å². The number of nitrogens with zero attached hydrogens (tertiary/aromatic N) is 1. The Morgan fingerprint density at radius 3 is 2.16 bits per heavy atom. The van der Waals surface area contributed by atoms with Crippen LogP contribution in [0.3, 0.4) is 0 Å². The average Bonchev–Trinajstić information content (AvgIpc) is 2.36. The van der Waals surface area contributed by atoms with E-state index in [2.05, 4.69) is 11.6 Å². The lowest BCUT2D eigenvalue weighted by Crippen LogP contribution is -2.58. The number of piperidine rings is 1. The summed E-state index contributed by atoms with van der Waals surface area (Å²) in [4.78, 5) is 11.4. The van der Waals surface area contributed by atoms with Gasteiger partial charge in [-0.05, 0) is 31.6 Å². The molecule has 19 heavy (non-hydrogen) atoms. The van der Waals surface area contributed by atoms with Gasteiger partial charge in [-0.1, -0.05) is 20.8 Å². The zero-order valence-corrected chi connectivity index (χ0v) is 12.7. The molecule has 1 aliphatic heterocycles. The summed E-state index contributed by atoms with van der Waals surface area (Å²) in [5.41, 5.74) is -1.40.